The largest absolute Gasteiger partial charge is 0.463 e. The molecule has 0 unspecified atom stereocenters. The van der Waals surface area contributed by atoms with Crippen LogP contribution >= 0.6 is 15.9 Å². The standard InChI is InChI=1S/C15H18BrNO2/c1-3-19-15(18)10-12-5-4-8-17(12)14-9-11(2)6-7-13(14)16/h6-7,9-10H,3-5,8H2,1-2H3/b12-10+. The van der Waals surface area contributed by atoms with E-state index >= 15 is 0 Å². The summed E-state index contributed by atoms with van der Waals surface area (Å²) in [4.78, 5) is 13.8. The number of anilines is 1. The average molecular weight is 324 g/mol. The number of esters is 1. The van der Waals surface area contributed by atoms with Gasteiger partial charge in [-0.05, 0) is 60.3 Å². The van der Waals surface area contributed by atoms with E-state index in [1.54, 1.807) is 6.08 Å². The Labute approximate surface area is 122 Å². The van der Waals surface area contributed by atoms with Gasteiger partial charge in [0, 0.05) is 22.8 Å². The molecular formula is C15H18BrNO2. The second kappa shape index (κ2) is 6.24. The summed E-state index contributed by atoms with van der Waals surface area (Å²) >= 11 is 3.58. The summed E-state index contributed by atoms with van der Waals surface area (Å²) in [5.74, 6) is -0.256. The lowest BCUT2D eigenvalue weighted by molar-refractivity contribution is -0.137. The van der Waals surface area contributed by atoms with Crippen LogP contribution in [0, 0.1) is 6.92 Å². The number of benzene rings is 1. The van der Waals surface area contributed by atoms with Crippen LogP contribution in [0.25, 0.3) is 0 Å². The Morgan fingerprint density at radius 1 is 1.53 bits per heavy atom. The Morgan fingerprint density at radius 3 is 3.05 bits per heavy atom. The topological polar surface area (TPSA) is 29.5 Å². The number of hydrogen-bond donors (Lipinski definition) is 0. The number of nitrogens with zero attached hydrogens (tertiary/aromatic N) is 1. The Balaban J connectivity index is 2.28. The van der Waals surface area contributed by atoms with Crippen molar-refractivity contribution in [3.05, 3.63) is 40.0 Å². The molecule has 102 valence electrons. The molecule has 1 aromatic rings. The molecule has 0 amide bonds. The van der Waals surface area contributed by atoms with Gasteiger partial charge in [0.1, 0.15) is 0 Å². The molecule has 0 atom stereocenters. The van der Waals surface area contributed by atoms with E-state index in [-0.39, 0.29) is 5.97 Å². The first-order valence-electron chi connectivity index (χ1n) is 6.53. The Kier molecular flexibility index (Phi) is 4.64. The van der Waals surface area contributed by atoms with Crippen LogP contribution in [0.5, 0.6) is 0 Å². The van der Waals surface area contributed by atoms with Gasteiger partial charge < -0.3 is 9.64 Å². The van der Waals surface area contributed by atoms with E-state index in [0.717, 1.165) is 35.2 Å². The molecular weight excluding hydrogens is 306 g/mol. The van der Waals surface area contributed by atoms with Crippen LogP contribution in [0.2, 0.25) is 0 Å². The number of aryl methyl sites for hydroxylation is 1. The van der Waals surface area contributed by atoms with Crippen LogP contribution in [0.4, 0.5) is 5.69 Å². The van der Waals surface area contributed by atoms with Crippen LogP contribution in [-0.2, 0) is 9.53 Å². The molecule has 0 N–H and O–H groups in total. The highest BCUT2D eigenvalue weighted by Crippen LogP contribution is 2.34. The minimum Gasteiger partial charge on any atom is -0.463 e. The number of carbonyl (C=O) groups excluding carboxylic acids is 1. The minimum absolute atomic E-state index is 0.256. The summed E-state index contributed by atoms with van der Waals surface area (Å²) in [5.41, 5.74) is 3.36. The molecule has 0 aliphatic carbocycles. The Morgan fingerprint density at radius 2 is 2.32 bits per heavy atom. The van der Waals surface area contributed by atoms with Gasteiger partial charge in [0.15, 0.2) is 0 Å². The highest BCUT2D eigenvalue weighted by atomic mass is 79.9. The van der Waals surface area contributed by atoms with E-state index in [9.17, 15) is 4.79 Å². The predicted molar refractivity (Wildman–Crippen MR) is 80.2 cm³/mol. The number of carbonyl (C=O) groups is 1. The second-order valence-electron chi connectivity index (χ2n) is 4.60. The normalized spacial score (nSPS) is 17.0. The second-order valence-corrected chi connectivity index (χ2v) is 5.45. The first kappa shape index (κ1) is 14.1. The molecule has 19 heavy (non-hydrogen) atoms. The molecule has 1 aliphatic heterocycles. The van der Waals surface area contributed by atoms with Crippen molar-refractivity contribution in [1.29, 1.82) is 0 Å². The van der Waals surface area contributed by atoms with E-state index < -0.39 is 0 Å². The Bertz CT molecular complexity index is 511. The third-order valence-corrected chi connectivity index (χ3v) is 3.80. The van der Waals surface area contributed by atoms with Crippen molar-refractivity contribution in [1.82, 2.24) is 0 Å². The first-order valence-corrected chi connectivity index (χ1v) is 7.32. The van der Waals surface area contributed by atoms with Gasteiger partial charge in [-0.3, -0.25) is 0 Å². The molecule has 1 aromatic carbocycles. The van der Waals surface area contributed by atoms with Gasteiger partial charge in [0.25, 0.3) is 0 Å². The molecule has 1 saturated heterocycles. The third kappa shape index (κ3) is 3.38. The highest BCUT2D eigenvalue weighted by molar-refractivity contribution is 9.10. The lowest BCUT2D eigenvalue weighted by atomic mass is 10.2. The van der Waals surface area contributed by atoms with E-state index in [0.29, 0.717) is 6.61 Å². The number of hydrogen-bond acceptors (Lipinski definition) is 3. The highest BCUT2D eigenvalue weighted by Gasteiger charge is 2.21. The van der Waals surface area contributed by atoms with Crippen molar-refractivity contribution in [3.8, 4) is 0 Å². The fourth-order valence-corrected chi connectivity index (χ4v) is 2.73. The SMILES string of the molecule is CCOC(=O)/C=C1\CCCN1c1cc(C)ccc1Br. The predicted octanol–water partition coefficient (Wildman–Crippen LogP) is 3.80. The zero-order chi connectivity index (χ0) is 13.8. The number of ether oxygens (including phenoxy) is 1. The van der Waals surface area contributed by atoms with Gasteiger partial charge >= 0.3 is 5.97 Å². The van der Waals surface area contributed by atoms with E-state index in [4.69, 9.17) is 4.74 Å². The number of allylic oxidation sites excluding steroid dienone is 1. The third-order valence-electron chi connectivity index (χ3n) is 3.12. The molecule has 0 radical (unpaired) electrons. The van der Waals surface area contributed by atoms with Crippen LogP contribution < -0.4 is 4.90 Å². The van der Waals surface area contributed by atoms with E-state index in [2.05, 4.69) is 39.9 Å². The lowest BCUT2D eigenvalue weighted by Crippen LogP contribution is -2.18. The fourth-order valence-electron chi connectivity index (χ4n) is 2.27. The quantitative estimate of drug-likeness (QED) is 0.625. The summed E-state index contributed by atoms with van der Waals surface area (Å²) in [6, 6.07) is 6.25. The molecule has 3 nitrogen and oxygen atoms in total. The maximum atomic E-state index is 11.6. The van der Waals surface area contributed by atoms with Crippen molar-refractivity contribution < 1.29 is 9.53 Å². The average Bonchev–Trinajstić information content (AvgIpc) is 2.80. The Hall–Kier alpha value is -1.29. The lowest BCUT2D eigenvalue weighted by Gasteiger charge is -2.22. The summed E-state index contributed by atoms with van der Waals surface area (Å²) in [6.45, 7) is 5.24. The molecule has 1 aliphatic rings. The molecule has 1 fully saturated rings. The smallest absolute Gasteiger partial charge is 0.332 e. The van der Waals surface area contributed by atoms with Crippen LogP contribution in [0.1, 0.15) is 25.3 Å². The summed E-state index contributed by atoms with van der Waals surface area (Å²) in [6.07, 6.45) is 3.59. The maximum absolute atomic E-state index is 11.6. The van der Waals surface area contributed by atoms with Crippen molar-refractivity contribution in [3.63, 3.8) is 0 Å². The molecule has 0 bridgehead atoms. The monoisotopic (exact) mass is 323 g/mol. The van der Waals surface area contributed by atoms with Gasteiger partial charge in [-0.25, -0.2) is 4.79 Å². The summed E-state index contributed by atoms with van der Waals surface area (Å²) in [7, 11) is 0. The van der Waals surface area contributed by atoms with Crippen LogP contribution in [0.3, 0.4) is 0 Å². The van der Waals surface area contributed by atoms with Crippen molar-refractivity contribution in [2.24, 2.45) is 0 Å². The van der Waals surface area contributed by atoms with Gasteiger partial charge in [0.05, 0.1) is 12.3 Å². The van der Waals surface area contributed by atoms with Crippen molar-refractivity contribution in [2.45, 2.75) is 26.7 Å². The zero-order valence-electron chi connectivity index (χ0n) is 11.3. The molecule has 0 aromatic heterocycles. The fraction of sp³-hybridized carbons (Fsp3) is 0.400. The van der Waals surface area contributed by atoms with Gasteiger partial charge in [-0.2, -0.15) is 0 Å². The summed E-state index contributed by atoms with van der Waals surface area (Å²) in [5, 5.41) is 0. The zero-order valence-corrected chi connectivity index (χ0v) is 12.9. The first-order chi connectivity index (χ1) is 9.11. The molecule has 2 rings (SSSR count). The van der Waals surface area contributed by atoms with Gasteiger partial charge in [-0.1, -0.05) is 6.07 Å². The van der Waals surface area contributed by atoms with Gasteiger partial charge in [0.2, 0.25) is 0 Å². The molecule has 0 spiro atoms. The van der Waals surface area contributed by atoms with E-state index in [1.807, 2.05) is 13.0 Å². The van der Waals surface area contributed by atoms with Gasteiger partial charge in [-0.15, -0.1) is 0 Å². The van der Waals surface area contributed by atoms with E-state index in [1.165, 1.54) is 5.56 Å². The van der Waals surface area contributed by atoms with Crippen LogP contribution in [-0.4, -0.2) is 19.1 Å². The molecule has 4 heteroatoms. The molecule has 1 heterocycles. The number of rotatable bonds is 3. The number of halogens is 1. The van der Waals surface area contributed by atoms with Crippen LogP contribution in [0.15, 0.2) is 34.4 Å². The summed E-state index contributed by atoms with van der Waals surface area (Å²) < 4.78 is 6.04. The minimum atomic E-state index is -0.256. The van der Waals surface area contributed by atoms with Crippen molar-refractivity contribution >= 4 is 27.6 Å². The van der Waals surface area contributed by atoms with Crippen molar-refractivity contribution in [2.75, 3.05) is 18.1 Å². The molecule has 0 saturated carbocycles. The maximum Gasteiger partial charge on any atom is 0.332 e.